The molecule has 1 saturated heterocycles. The lowest BCUT2D eigenvalue weighted by Gasteiger charge is -2.34. The van der Waals surface area contributed by atoms with Crippen molar-refractivity contribution in [3.05, 3.63) is 35.9 Å². The largest absolute Gasteiger partial charge is 0.351 e. The number of amides is 4. The van der Waals surface area contributed by atoms with E-state index in [1.54, 1.807) is 9.80 Å². The SMILES string of the molecule is CCN(CC)C(=O)CCNC(=O)N1CCN(CC(=O)NCc2ccccc2)CC1. The number of hydrogen-bond donors (Lipinski definition) is 2. The molecule has 4 amide bonds. The van der Waals surface area contributed by atoms with Gasteiger partial charge >= 0.3 is 6.03 Å². The van der Waals surface area contributed by atoms with Crippen LogP contribution in [0.5, 0.6) is 0 Å². The van der Waals surface area contributed by atoms with Crippen molar-refractivity contribution in [2.24, 2.45) is 0 Å². The number of nitrogens with one attached hydrogen (secondary N) is 2. The van der Waals surface area contributed by atoms with E-state index in [2.05, 4.69) is 10.6 Å². The quantitative estimate of drug-likeness (QED) is 0.641. The monoisotopic (exact) mass is 403 g/mol. The van der Waals surface area contributed by atoms with Crippen LogP contribution in [0.2, 0.25) is 0 Å². The van der Waals surface area contributed by atoms with Gasteiger partial charge in [0.05, 0.1) is 6.54 Å². The van der Waals surface area contributed by atoms with E-state index in [0.29, 0.717) is 65.3 Å². The molecule has 160 valence electrons. The van der Waals surface area contributed by atoms with Gasteiger partial charge in [-0.05, 0) is 19.4 Å². The number of carbonyl (C=O) groups excluding carboxylic acids is 3. The maximum absolute atomic E-state index is 12.3. The Morgan fingerprint density at radius 2 is 1.62 bits per heavy atom. The van der Waals surface area contributed by atoms with Crippen LogP contribution in [0.3, 0.4) is 0 Å². The van der Waals surface area contributed by atoms with E-state index in [9.17, 15) is 14.4 Å². The van der Waals surface area contributed by atoms with E-state index in [-0.39, 0.29) is 17.8 Å². The topological polar surface area (TPSA) is 85.0 Å². The van der Waals surface area contributed by atoms with Gasteiger partial charge in [-0.3, -0.25) is 14.5 Å². The number of urea groups is 1. The molecule has 0 spiro atoms. The molecule has 8 nitrogen and oxygen atoms in total. The van der Waals surface area contributed by atoms with Crippen molar-refractivity contribution in [2.75, 3.05) is 52.4 Å². The first-order chi connectivity index (χ1) is 14.0. The highest BCUT2D eigenvalue weighted by Gasteiger charge is 2.22. The molecule has 1 heterocycles. The Labute approximate surface area is 173 Å². The van der Waals surface area contributed by atoms with Crippen molar-refractivity contribution in [3.63, 3.8) is 0 Å². The fraction of sp³-hybridized carbons (Fsp3) is 0.571. The average Bonchev–Trinajstić information content (AvgIpc) is 2.74. The van der Waals surface area contributed by atoms with Crippen LogP contribution in [0.4, 0.5) is 4.79 Å². The second-order valence-electron chi connectivity index (χ2n) is 7.07. The zero-order valence-electron chi connectivity index (χ0n) is 17.5. The number of nitrogens with zero attached hydrogens (tertiary/aromatic N) is 3. The molecule has 0 aliphatic carbocycles. The summed E-state index contributed by atoms with van der Waals surface area (Å²) in [6, 6.07) is 9.66. The normalized spacial score (nSPS) is 14.3. The lowest BCUT2D eigenvalue weighted by atomic mass is 10.2. The van der Waals surface area contributed by atoms with E-state index in [1.807, 2.05) is 49.1 Å². The molecule has 1 aromatic rings. The first-order valence-electron chi connectivity index (χ1n) is 10.4. The fourth-order valence-electron chi connectivity index (χ4n) is 3.29. The molecule has 1 aliphatic heterocycles. The Hall–Kier alpha value is -2.61. The third-order valence-electron chi connectivity index (χ3n) is 5.09. The molecule has 0 atom stereocenters. The summed E-state index contributed by atoms with van der Waals surface area (Å²) < 4.78 is 0. The molecule has 1 fully saturated rings. The minimum Gasteiger partial charge on any atom is -0.351 e. The third-order valence-corrected chi connectivity index (χ3v) is 5.09. The molecule has 1 aliphatic rings. The second-order valence-corrected chi connectivity index (χ2v) is 7.07. The van der Waals surface area contributed by atoms with Crippen LogP contribution < -0.4 is 10.6 Å². The lowest BCUT2D eigenvalue weighted by molar-refractivity contribution is -0.130. The van der Waals surface area contributed by atoms with Crippen molar-refractivity contribution >= 4 is 17.8 Å². The maximum Gasteiger partial charge on any atom is 0.317 e. The maximum atomic E-state index is 12.3. The second kappa shape index (κ2) is 12.1. The number of carbonyl (C=O) groups is 3. The lowest BCUT2D eigenvalue weighted by Crippen LogP contribution is -2.53. The van der Waals surface area contributed by atoms with E-state index in [4.69, 9.17) is 0 Å². The number of rotatable bonds is 9. The first kappa shape index (κ1) is 22.7. The summed E-state index contributed by atoms with van der Waals surface area (Å²) in [5.74, 6) is 0.0447. The van der Waals surface area contributed by atoms with Gasteiger partial charge in [0.15, 0.2) is 0 Å². The Morgan fingerprint density at radius 3 is 2.24 bits per heavy atom. The highest BCUT2D eigenvalue weighted by Crippen LogP contribution is 2.03. The highest BCUT2D eigenvalue weighted by molar-refractivity contribution is 5.79. The van der Waals surface area contributed by atoms with E-state index < -0.39 is 0 Å². The van der Waals surface area contributed by atoms with Gasteiger partial charge in [0.25, 0.3) is 0 Å². The van der Waals surface area contributed by atoms with Crippen LogP contribution in [0, 0.1) is 0 Å². The molecule has 0 saturated carbocycles. The molecular formula is C21H33N5O3. The van der Waals surface area contributed by atoms with Crippen LogP contribution in [-0.2, 0) is 16.1 Å². The Balaban J connectivity index is 1.62. The van der Waals surface area contributed by atoms with Crippen molar-refractivity contribution < 1.29 is 14.4 Å². The summed E-state index contributed by atoms with van der Waals surface area (Å²) in [6.45, 7) is 8.92. The molecule has 0 radical (unpaired) electrons. The van der Waals surface area contributed by atoms with Crippen LogP contribution in [-0.4, -0.2) is 84.9 Å². The van der Waals surface area contributed by atoms with Crippen molar-refractivity contribution in [1.29, 1.82) is 0 Å². The first-order valence-corrected chi connectivity index (χ1v) is 10.4. The van der Waals surface area contributed by atoms with E-state index in [0.717, 1.165) is 5.56 Å². The Kier molecular flexibility index (Phi) is 9.43. The third kappa shape index (κ3) is 7.73. The molecule has 29 heavy (non-hydrogen) atoms. The summed E-state index contributed by atoms with van der Waals surface area (Å²) in [7, 11) is 0. The summed E-state index contributed by atoms with van der Waals surface area (Å²) in [4.78, 5) is 41.9. The smallest absolute Gasteiger partial charge is 0.317 e. The Bertz CT molecular complexity index is 656. The Morgan fingerprint density at radius 1 is 0.966 bits per heavy atom. The standard InChI is InChI=1S/C21H33N5O3/c1-3-25(4-2)20(28)10-11-22-21(29)26-14-12-24(13-15-26)17-19(27)23-16-18-8-6-5-7-9-18/h5-9H,3-4,10-17H2,1-2H3,(H,22,29)(H,23,27). The molecular weight excluding hydrogens is 370 g/mol. The van der Waals surface area contributed by atoms with Gasteiger partial charge < -0.3 is 20.4 Å². The van der Waals surface area contributed by atoms with E-state index in [1.165, 1.54) is 0 Å². The molecule has 1 aromatic carbocycles. The zero-order chi connectivity index (χ0) is 21.1. The number of hydrogen-bond acceptors (Lipinski definition) is 4. The minimum atomic E-state index is -0.148. The predicted octanol–water partition coefficient (Wildman–Crippen LogP) is 0.889. The molecule has 0 bridgehead atoms. The summed E-state index contributed by atoms with van der Waals surface area (Å²) in [5.41, 5.74) is 1.07. The molecule has 8 heteroatoms. The van der Waals surface area contributed by atoms with Gasteiger partial charge in [0.2, 0.25) is 11.8 Å². The molecule has 2 N–H and O–H groups in total. The summed E-state index contributed by atoms with van der Waals surface area (Å²) in [6.07, 6.45) is 0.314. The summed E-state index contributed by atoms with van der Waals surface area (Å²) >= 11 is 0. The van der Waals surface area contributed by atoms with Gasteiger partial charge in [-0.15, -0.1) is 0 Å². The highest BCUT2D eigenvalue weighted by atomic mass is 16.2. The van der Waals surface area contributed by atoms with Crippen molar-refractivity contribution in [1.82, 2.24) is 25.3 Å². The number of benzene rings is 1. The van der Waals surface area contributed by atoms with Gasteiger partial charge in [-0.1, -0.05) is 30.3 Å². The predicted molar refractivity (Wildman–Crippen MR) is 112 cm³/mol. The molecule has 0 aromatic heterocycles. The van der Waals surface area contributed by atoms with Gasteiger partial charge in [0.1, 0.15) is 0 Å². The minimum absolute atomic E-state index is 0.0123. The zero-order valence-corrected chi connectivity index (χ0v) is 17.5. The molecule has 0 unspecified atom stereocenters. The fourth-order valence-corrected chi connectivity index (χ4v) is 3.29. The average molecular weight is 404 g/mol. The van der Waals surface area contributed by atoms with Crippen LogP contribution in [0.15, 0.2) is 30.3 Å². The van der Waals surface area contributed by atoms with Crippen molar-refractivity contribution in [3.8, 4) is 0 Å². The van der Waals surface area contributed by atoms with Crippen LogP contribution in [0.25, 0.3) is 0 Å². The molecule has 2 rings (SSSR count). The van der Waals surface area contributed by atoms with Crippen LogP contribution >= 0.6 is 0 Å². The van der Waals surface area contributed by atoms with Crippen molar-refractivity contribution in [2.45, 2.75) is 26.8 Å². The summed E-state index contributed by atoms with van der Waals surface area (Å²) in [5, 5.41) is 5.75. The van der Waals surface area contributed by atoms with Crippen LogP contribution in [0.1, 0.15) is 25.8 Å². The number of piperazine rings is 1. The van der Waals surface area contributed by atoms with Gasteiger partial charge in [0, 0.05) is 58.8 Å². The van der Waals surface area contributed by atoms with E-state index >= 15 is 0 Å². The van der Waals surface area contributed by atoms with Gasteiger partial charge in [-0.2, -0.15) is 0 Å². The van der Waals surface area contributed by atoms with Gasteiger partial charge in [-0.25, -0.2) is 4.79 Å².